The highest BCUT2D eigenvalue weighted by atomic mass is 32.2. The van der Waals surface area contributed by atoms with E-state index in [1.165, 1.54) is 19.3 Å². The Bertz CT molecular complexity index is 261. The average Bonchev–Trinajstić information content (AvgIpc) is 2.28. The zero-order valence-corrected chi connectivity index (χ0v) is 13.0. The van der Waals surface area contributed by atoms with E-state index in [9.17, 15) is 4.79 Å². The summed E-state index contributed by atoms with van der Waals surface area (Å²) >= 11 is 1.94. The molecule has 0 aromatic carbocycles. The lowest BCUT2D eigenvalue weighted by Gasteiger charge is -2.41. The van der Waals surface area contributed by atoms with Crippen LogP contribution in [-0.4, -0.2) is 35.5 Å². The summed E-state index contributed by atoms with van der Waals surface area (Å²) in [5, 5.41) is 6.45. The first kappa shape index (κ1) is 15.8. The van der Waals surface area contributed by atoms with Crippen molar-refractivity contribution < 1.29 is 4.79 Å². The van der Waals surface area contributed by atoms with E-state index in [0.717, 1.165) is 19.4 Å². The van der Waals surface area contributed by atoms with Gasteiger partial charge in [0.25, 0.3) is 0 Å². The SMILES string of the molecule is CCCC(C)NC(=O)C(C)NCC1(SC)CCC1. The van der Waals surface area contributed by atoms with Gasteiger partial charge < -0.3 is 10.6 Å². The molecule has 0 aromatic rings. The molecular weight excluding hydrogens is 244 g/mol. The number of thioether (sulfide) groups is 1. The normalized spacial score (nSPS) is 20.9. The third kappa shape index (κ3) is 4.47. The van der Waals surface area contributed by atoms with Crippen LogP contribution < -0.4 is 10.6 Å². The highest BCUT2D eigenvalue weighted by Gasteiger charge is 2.36. The van der Waals surface area contributed by atoms with Crippen molar-refractivity contribution >= 4 is 17.7 Å². The fraction of sp³-hybridized carbons (Fsp3) is 0.929. The lowest BCUT2D eigenvalue weighted by Crippen LogP contribution is -2.51. The molecule has 1 fully saturated rings. The van der Waals surface area contributed by atoms with Gasteiger partial charge in [0, 0.05) is 17.3 Å². The van der Waals surface area contributed by atoms with Crippen molar-refractivity contribution in [1.29, 1.82) is 0 Å². The zero-order chi connectivity index (χ0) is 13.6. The van der Waals surface area contributed by atoms with Gasteiger partial charge in [0.15, 0.2) is 0 Å². The molecule has 1 rings (SSSR count). The van der Waals surface area contributed by atoms with Crippen molar-refractivity contribution in [2.24, 2.45) is 0 Å². The van der Waals surface area contributed by atoms with Crippen LogP contribution in [0.1, 0.15) is 52.9 Å². The molecule has 1 amide bonds. The van der Waals surface area contributed by atoms with E-state index in [1.807, 2.05) is 18.7 Å². The van der Waals surface area contributed by atoms with Gasteiger partial charge in [0.05, 0.1) is 6.04 Å². The van der Waals surface area contributed by atoms with Crippen LogP contribution in [0.5, 0.6) is 0 Å². The summed E-state index contributed by atoms with van der Waals surface area (Å²) in [6.07, 6.45) is 8.22. The second kappa shape index (κ2) is 7.39. The molecule has 4 heteroatoms. The van der Waals surface area contributed by atoms with Crippen molar-refractivity contribution in [3.8, 4) is 0 Å². The molecule has 106 valence electrons. The van der Waals surface area contributed by atoms with Gasteiger partial charge in [-0.15, -0.1) is 0 Å². The second-order valence-electron chi connectivity index (χ2n) is 5.54. The van der Waals surface area contributed by atoms with Crippen molar-refractivity contribution in [1.82, 2.24) is 10.6 Å². The maximum atomic E-state index is 12.0. The molecule has 0 aromatic heterocycles. The maximum absolute atomic E-state index is 12.0. The number of carbonyl (C=O) groups excluding carboxylic acids is 1. The lowest BCUT2D eigenvalue weighted by molar-refractivity contribution is -0.123. The Kier molecular flexibility index (Phi) is 6.50. The van der Waals surface area contributed by atoms with Gasteiger partial charge in [-0.1, -0.05) is 19.8 Å². The van der Waals surface area contributed by atoms with E-state index in [4.69, 9.17) is 0 Å². The van der Waals surface area contributed by atoms with Crippen LogP contribution in [0.25, 0.3) is 0 Å². The first-order chi connectivity index (χ1) is 8.53. The quantitative estimate of drug-likeness (QED) is 0.713. The summed E-state index contributed by atoms with van der Waals surface area (Å²) in [5.74, 6) is 0.131. The fourth-order valence-electron chi connectivity index (χ4n) is 2.33. The predicted molar refractivity (Wildman–Crippen MR) is 80.1 cm³/mol. The Morgan fingerprint density at radius 2 is 2.06 bits per heavy atom. The second-order valence-corrected chi connectivity index (χ2v) is 6.82. The summed E-state index contributed by atoms with van der Waals surface area (Å²) in [4.78, 5) is 12.0. The monoisotopic (exact) mass is 272 g/mol. The topological polar surface area (TPSA) is 41.1 Å². The molecular formula is C14H28N2OS. The van der Waals surface area contributed by atoms with Crippen LogP contribution in [0.3, 0.4) is 0 Å². The molecule has 0 saturated heterocycles. The van der Waals surface area contributed by atoms with Crippen LogP contribution in [-0.2, 0) is 4.79 Å². The standard InChI is InChI=1S/C14H28N2OS/c1-5-7-11(2)16-13(17)12(3)15-10-14(18-4)8-6-9-14/h11-12,15H,5-10H2,1-4H3,(H,16,17). The van der Waals surface area contributed by atoms with Gasteiger partial charge in [-0.25, -0.2) is 0 Å². The Hall–Kier alpha value is -0.220. The molecule has 1 aliphatic carbocycles. The molecule has 18 heavy (non-hydrogen) atoms. The Morgan fingerprint density at radius 1 is 1.39 bits per heavy atom. The van der Waals surface area contributed by atoms with Crippen LogP contribution in [0.15, 0.2) is 0 Å². The first-order valence-electron chi connectivity index (χ1n) is 7.12. The predicted octanol–water partition coefficient (Wildman–Crippen LogP) is 2.55. The number of hydrogen-bond acceptors (Lipinski definition) is 3. The molecule has 2 N–H and O–H groups in total. The average molecular weight is 272 g/mol. The van der Waals surface area contributed by atoms with Gasteiger partial charge in [-0.2, -0.15) is 11.8 Å². The van der Waals surface area contributed by atoms with Gasteiger partial charge in [0.1, 0.15) is 0 Å². The summed E-state index contributed by atoms with van der Waals surface area (Å²) in [6.45, 7) is 7.12. The van der Waals surface area contributed by atoms with Gasteiger partial charge in [-0.3, -0.25) is 4.79 Å². The number of rotatable bonds is 8. The molecule has 0 bridgehead atoms. The number of amides is 1. The number of hydrogen-bond donors (Lipinski definition) is 2. The van der Waals surface area contributed by atoms with Crippen molar-refractivity contribution in [3.63, 3.8) is 0 Å². The zero-order valence-electron chi connectivity index (χ0n) is 12.2. The van der Waals surface area contributed by atoms with Crippen LogP contribution in [0.2, 0.25) is 0 Å². The smallest absolute Gasteiger partial charge is 0.237 e. The number of nitrogens with one attached hydrogen (secondary N) is 2. The third-order valence-electron chi connectivity index (χ3n) is 3.93. The van der Waals surface area contributed by atoms with E-state index < -0.39 is 0 Å². The highest BCUT2D eigenvalue weighted by molar-refractivity contribution is 8.00. The van der Waals surface area contributed by atoms with Crippen molar-refractivity contribution in [2.45, 2.75) is 69.7 Å². The highest BCUT2D eigenvalue weighted by Crippen LogP contribution is 2.42. The third-order valence-corrected chi connectivity index (χ3v) is 5.35. The van der Waals surface area contributed by atoms with Crippen molar-refractivity contribution in [3.05, 3.63) is 0 Å². The van der Waals surface area contributed by atoms with Gasteiger partial charge in [0.2, 0.25) is 5.91 Å². The lowest BCUT2D eigenvalue weighted by atomic mass is 9.84. The molecule has 0 radical (unpaired) electrons. The Labute approximate surface area is 116 Å². The molecule has 0 aliphatic heterocycles. The van der Waals surface area contributed by atoms with E-state index >= 15 is 0 Å². The molecule has 3 nitrogen and oxygen atoms in total. The minimum atomic E-state index is -0.0890. The van der Waals surface area contributed by atoms with Crippen LogP contribution in [0, 0.1) is 0 Å². The molecule has 2 atom stereocenters. The van der Waals surface area contributed by atoms with E-state index in [-0.39, 0.29) is 18.0 Å². The summed E-state index contributed by atoms with van der Waals surface area (Å²) in [5.41, 5.74) is 0. The minimum absolute atomic E-state index is 0.0890. The molecule has 0 spiro atoms. The van der Waals surface area contributed by atoms with Crippen LogP contribution >= 0.6 is 11.8 Å². The molecule has 1 saturated carbocycles. The summed E-state index contributed by atoms with van der Waals surface area (Å²) in [6, 6.07) is 0.193. The fourth-order valence-corrected chi connectivity index (χ4v) is 3.25. The largest absolute Gasteiger partial charge is 0.352 e. The number of carbonyl (C=O) groups is 1. The van der Waals surface area contributed by atoms with E-state index in [1.54, 1.807) is 0 Å². The first-order valence-corrected chi connectivity index (χ1v) is 8.34. The van der Waals surface area contributed by atoms with Crippen LogP contribution in [0.4, 0.5) is 0 Å². The Balaban J connectivity index is 2.27. The maximum Gasteiger partial charge on any atom is 0.237 e. The van der Waals surface area contributed by atoms with E-state index in [2.05, 4.69) is 30.7 Å². The molecule has 2 unspecified atom stereocenters. The minimum Gasteiger partial charge on any atom is -0.352 e. The van der Waals surface area contributed by atoms with Crippen molar-refractivity contribution in [2.75, 3.05) is 12.8 Å². The Morgan fingerprint density at radius 3 is 2.50 bits per heavy atom. The summed E-state index contributed by atoms with van der Waals surface area (Å²) in [7, 11) is 0. The summed E-state index contributed by atoms with van der Waals surface area (Å²) < 4.78 is 0.392. The van der Waals surface area contributed by atoms with Gasteiger partial charge in [-0.05, 0) is 39.4 Å². The van der Waals surface area contributed by atoms with E-state index in [0.29, 0.717) is 4.75 Å². The molecule has 1 aliphatic rings. The molecule has 0 heterocycles. The van der Waals surface area contributed by atoms with Gasteiger partial charge >= 0.3 is 0 Å².